The molecule has 0 radical (unpaired) electrons. The summed E-state index contributed by atoms with van der Waals surface area (Å²) in [5, 5.41) is 5.64. The molecule has 14 heteroatoms. The maximum atomic E-state index is 13.7. The van der Waals surface area contributed by atoms with Crippen LogP contribution in [0.4, 0.5) is 4.79 Å². The molecule has 0 unspecified atom stereocenters. The van der Waals surface area contributed by atoms with Crippen LogP contribution in [0.3, 0.4) is 0 Å². The zero-order valence-corrected chi connectivity index (χ0v) is 26.8. The minimum atomic E-state index is -4.37. The Balaban J connectivity index is 1.57. The maximum Gasteiger partial charge on any atom is 0.408 e. The number of hydrogen-bond acceptors (Lipinski definition) is 7. The molecule has 4 amide bonds. The Morgan fingerprint density at radius 1 is 1.05 bits per heavy atom. The fourth-order valence-electron chi connectivity index (χ4n) is 5.50. The first-order valence-electron chi connectivity index (χ1n) is 14.4. The summed E-state index contributed by atoms with van der Waals surface area (Å²) in [6.45, 7) is 5.49. The molecule has 1 aromatic carbocycles. The van der Waals surface area contributed by atoms with E-state index in [9.17, 15) is 27.6 Å². The number of alkyl carbamates (subject to hydrolysis) is 1. The normalized spacial score (nSPS) is 27.5. The van der Waals surface area contributed by atoms with Crippen LogP contribution >= 0.6 is 23.2 Å². The van der Waals surface area contributed by atoms with Crippen LogP contribution in [0.1, 0.15) is 72.1 Å². The van der Waals surface area contributed by atoms with Gasteiger partial charge in [0.15, 0.2) is 0 Å². The molecule has 0 spiro atoms. The van der Waals surface area contributed by atoms with E-state index in [2.05, 4.69) is 15.4 Å². The smallest absolute Gasteiger partial charge is 0.408 e. The van der Waals surface area contributed by atoms with Gasteiger partial charge >= 0.3 is 6.09 Å². The number of carbonyl (C=O) groups is 4. The molecule has 3 aliphatic rings. The topological polar surface area (TPSA) is 151 Å². The molecule has 2 aliphatic heterocycles. The predicted molar refractivity (Wildman–Crippen MR) is 161 cm³/mol. The Hall–Kier alpha value is -2.83. The number of rotatable bonds is 4. The molecule has 1 aliphatic carbocycles. The predicted octanol–water partition coefficient (Wildman–Crippen LogP) is 4.08. The monoisotopic (exact) mass is 656 g/mol. The average molecular weight is 658 g/mol. The minimum absolute atomic E-state index is 0.0818. The number of sulfonamides is 1. The third-order valence-electron chi connectivity index (χ3n) is 7.70. The van der Waals surface area contributed by atoms with Crippen LogP contribution in [0.15, 0.2) is 35.2 Å². The highest BCUT2D eigenvalue weighted by molar-refractivity contribution is 7.90. The van der Waals surface area contributed by atoms with Gasteiger partial charge < -0.3 is 20.3 Å². The summed E-state index contributed by atoms with van der Waals surface area (Å²) in [5.74, 6) is -2.29. The zero-order chi connectivity index (χ0) is 31.6. The fraction of sp³-hybridized carbons (Fsp3) is 0.586. The molecular formula is C29H38Cl2N4O7S. The van der Waals surface area contributed by atoms with Gasteiger partial charge in [0.05, 0.1) is 4.90 Å². The summed E-state index contributed by atoms with van der Waals surface area (Å²) in [6, 6.07) is 1.93. The summed E-state index contributed by atoms with van der Waals surface area (Å²) in [5.41, 5.74) is -2.27. The van der Waals surface area contributed by atoms with Crippen molar-refractivity contribution in [2.75, 3.05) is 6.54 Å². The van der Waals surface area contributed by atoms with E-state index < -0.39 is 63.0 Å². The number of nitrogens with zero attached hydrogens (tertiary/aromatic N) is 1. The Labute approximate surface area is 262 Å². The van der Waals surface area contributed by atoms with Crippen molar-refractivity contribution in [2.24, 2.45) is 5.92 Å². The van der Waals surface area contributed by atoms with Crippen LogP contribution < -0.4 is 15.4 Å². The first kappa shape index (κ1) is 33.1. The van der Waals surface area contributed by atoms with Crippen LogP contribution in [0.5, 0.6) is 0 Å². The highest BCUT2D eigenvalue weighted by atomic mass is 35.5. The van der Waals surface area contributed by atoms with Crippen molar-refractivity contribution in [3.8, 4) is 0 Å². The van der Waals surface area contributed by atoms with Gasteiger partial charge in [-0.15, -0.1) is 0 Å². The molecule has 0 aromatic heterocycles. The van der Waals surface area contributed by atoms with Gasteiger partial charge in [0.1, 0.15) is 23.2 Å². The van der Waals surface area contributed by atoms with Crippen LogP contribution in [0.2, 0.25) is 10.0 Å². The first-order chi connectivity index (χ1) is 20.1. The minimum Gasteiger partial charge on any atom is -0.444 e. The Morgan fingerprint density at radius 3 is 2.42 bits per heavy atom. The van der Waals surface area contributed by atoms with Crippen molar-refractivity contribution in [2.45, 2.75) is 100 Å². The van der Waals surface area contributed by atoms with Crippen molar-refractivity contribution < 1.29 is 32.3 Å². The van der Waals surface area contributed by atoms with Gasteiger partial charge in [-0.1, -0.05) is 48.2 Å². The van der Waals surface area contributed by atoms with E-state index in [-0.39, 0.29) is 21.4 Å². The second kappa shape index (κ2) is 13.0. The summed E-state index contributed by atoms with van der Waals surface area (Å²) >= 11 is 11.9. The molecule has 2 fully saturated rings. The van der Waals surface area contributed by atoms with Crippen LogP contribution in [-0.4, -0.2) is 66.9 Å². The largest absolute Gasteiger partial charge is 0.444 e. The van der Waals surface area contributed by atoms with Crippen molar-refractivity contribution in [3.63, 3.8) is 0 Å². The SMILES string of the molecule is CC(C)(C)OC(=O)N[C@H]1CCCCC/C=C\[C@@H]2C[C@@]2(C(=O)NS(=O)(=O)c2cc(Cl)cc(Cl)c2)NC(=O)[C@@H]2CCCN2C1=O. The molecule has 1 saturated heterocycles. The molecule has 2 heterocycles. The Kier molecular flexibility index (Phi) is 10.0. The first-order valence-corrected chi connectivity index (χ1v) is 16.7. The quantitative estimate of drug-likeness (QED) is 0.413. The van der Waals surface area contributed by atoms with Gasteiger partial charge in [0.2, 0.25) is 11.8 Å². The van der Waals surface area contributed by atoms with E-state index in [1.54, 1.807) is 20.8 Å². The van der Waals surface area contributed by atoms with E-state index in [0.717, 1.165) is 12.8 Å². The van der Waals surface area contributed by atoms with Gasteiger partial charge in [-0.25, -0.2) is 17.9 Å². The number of fused-ring (bicyclic) bond motifs is 2. The van der Waals surface area contributed by atoms with Gasteiger partial charge in [0, 0.05) is 22.5 Å². The van der Waals surface area contributed by atoms with E-state index >= 15 is 0 Å². The number of amides is 4. The van der Waals surface area contributed by atoms with E-state index in [0.29, 0.717) is 38.6 Å². The molecule has 11 nitrogen and oxygen atoms in total. The van der Waals surface area contributed by atoms with Gasteiger partial charge in [-0.05, 0) is 77.5 Å². The fourth-order valence-corrected chi connectivity index (χ4v) is 7.26. The second-order valence-electron chi connectivity index (χ2n) is 12.3. The molecule has 0 bridgehead atoms. The molecule has 4 rings (SSSR count). The number of halogens is 2. The molecular weight excluding hydrogens is 619 g/mol. The van der Waals surface area contributed by atoms with E-state index in [1.807, 2.05) is 12.2 Å². The third kappa shape index (κ3) is 8.21. The molecule has 3 N–H and O–H groups in total. The van der Waals surface area contributed by atoms with Crippen molar-refractivity contribution in [1.82, 2.24) is 20.3 Å². The maximum absolute atomic E-state index is 13.7. The lowest BCUT2D eigenvalue weighted by molar-refractivity contribution is -0.141. The highest BCUT2D eigenvalue weighted by Gasteiger charge is 2.61. The molecule has 1 aromatic rings. The summed E-state index contributed by atoms with van der Waals surface area (Å²) in [7, 11) is -4.37. The number of carbonyl (C=O) groups excluding carboxylic acids is 4. The molecule has 1 saturated carbocycles. The molecule has 4 atom stereocenters. The zero-order valence-electron chi connectivity index (χ0n) is 24.5. The summed E-state index contributed by atoms with van der Waals surface area (Å²) in [4.78, 5) is 54.6. The van der Waals surface area contributed by atoms with Crippen LogP contribution in [0, 0.1) is 5.92 Å². The summed E-state index contributed by atoms with van der Waals surface area (Å²) in [6.07, 6.45) is 7.46. The van der Waals surface area contributed by atoms with Gasteiger partial charge in [-0.3, -0.25) is 14.4 Å². The molecule has 43 heavy (non-hydrogen) atoms. The van der Waals surface area contributed by atoms with Gasteiger partial charge in [0.25, 0.3) is 15.9 Å². The third-order valence-corrected chi connectivity index (χ3v) is 9.45. The number of nitrogens with one attached hydrogen (secondary N) is 3. The standard InChI is InChI=1S/C29H38Cl2N4O7S/c1-28(2,3)42-27(39)32-22-11-8-6-4-5-7-10-18-17-29(18,33-24(36)23-12-9-13-35(23)25(22)37)26(38)34-43(40,41)21-15-19(30)14-20(31)16-21/h7,10,14-16,18,22-23H,4-6,8-9,11-13,17H2,1-3H3,(H,32,39)(H,33,36)(H,34,38)/b10-7-/t18-,22+,23+,29-/m1/s1. The highest BCUT2D eigenvalue weighted by Crippen LogP contribution is 2.46. The van der Waals surface area contributed by atoms with Crippen LogP contribution in [0.25, 0.3) is 0 Å². The lowest BCUT2D eigenvalue weighted by Gasteiger charge is -2.30. The lowest BCUT2D eigenvalue weighted by Crippen LogP contribution is -2.58. The summed E-state index contributed by atoms with van der Waals surface area (Å²) < 4.78 is 33.6. The molecule has 236 valence electrons. The van der Waals surface area contributed by atoms with Gasteiger partial charge in [-0.2, -0.15) is 0 Å². The number of allylic oxidation sites excluding steroid dienone is 1. The second-order valence-corrected chi connectivity index (χ2v) is 14.8. The Morgan fingerprint density at radius 2 is 1.74 bits per heavy atom. The Bertz CT molecular complexity index is 1390. The number of benzene rings is 1. The van der Waals surface area contributed by atoms with Crippen molar-refractivity contribution >= 4 is 57.0 Å². The van der Waals surface area contributed by atoms with Crippen LogP contribution in [-0.2, 0) is 29.1 Å². The van der Waals surface area contributed by atoms with Crippen molar-refractivity contribution in [3.05, 3.63) is 40.4 Å². The number of ether oxygens (including phenoxy) is 1. The number of hydrogen-bond donors (Lipinski definition) is 3. The van der Waals surface area contributed by atoms with E-state index in [1.165, 1.54) is 23.1 Å². The lowest BCUT2D eigenvalue weighted by atomic mass is 10.0. The average Bonchev–Trinajstić information content (AvgIpc) is 3.34. The van der Waals surface area contributed by atoms with E-state index in [4.69, 9.17) is 27.9 Å². The van der Waals surface area contributed by atoms with Crippen molar-refractivity contribution in [1.29, 1.82) is 0 Å².